The molecule has 0 aromatic carbocycles. The molecule has 0 saturated carbocycles. The van der Waals surface area contributed by atoms with Crippen LogP contribution in [0.3, 0.4) is 0 Å². The van der Waals surface area contributed by atoms with Gasteiger partial charge in [-0.2, -0.15) is 0 Å². The van der Waals surface area contributed by atoms with E-state index >= 15 is 0 Å². The van der Waals surface area contributed by atoms with Gasteiger partial charge in [0.15, 0.2) is 0 Å². The van der Waals surface area contributed by atoms with E-state index in [9.17, 15) is 13.2 Å². The Morgan fingerprint density at radius 2 is 1.94 bits per heavy atom. The maximum atomic E-state index is 11.7. The predicted octanol–water partition coefficient (Wildman–Crippen LogP) is 0.194. The highest BCUT2D eigenvalue weighted by Crippen LogP contribution is 2.14. The Morgan fingerprint density at radius 3 is 2.25 bits per heavy atom. The van der Waals surface area contributed by atoms with E-state index in [-0.39, 0.29) is 13.0 Å². The van der Waals surface area contributed by atoms with Crippen molar-refractivity contribution in [2.24, 2.45) is 0 Å². The molecule has 7 heteroatoms. The van der Waals surface area contributed by atoms with Crippen molar-refractivity contribution >= 4 is 16.0 Å². The number of methoxy groups -OCH3 is 1. The second-order valence-electron chi connectivity index (χ2n) is 4.41. The monoisotopic (exact) mass is 253 g/mol. The van der Waals surface area contributed by atoms with Crippen LogP contribution in [0.2, 0.25) is 0 Å². The molecule has 6 nitrogen and oxygen atoms in total. The molecule has 1 unspecified atom stereocenters. The van der Waals surface area contributed by atoms with E-state index in [0.29, 0.717) is 0 Å². The van der Waals surface area contributed by atoms with Gasteiger partial charge in [0, 0.05) is 13.7 Å². The molecule has 0 spiro atoms. The number of ether oxygens (including phenoxy) is 1. The van der Waals surface area contributed by atoms with E-state index in [4.69, 9.17) is 9.84 Å². The number of carboxylic acid groups (broad SMARTS) is 1. The van der Waals surface area contributed by atoms with Crippen LogP contribution in [0, 0.1) is 0 Å². The molecular formula is C9H19NO5S. The summed E-state index contributed by atoms with van der Waals surface area (Å²) >= 11 is 0. The van der Waals surface area contributed by atoms with E-state index in [1.165, 1.54) is 27.9 Å². The Labute approximate surface area is 96.0 Å². The third-order valence-electron chi connectivity index (χ3n) is 2.01. The number of carboxylic acids is 1. The van der Waals surface area contributed by atoms with Crippen molar-refractivity contribution in [3.8, 4) is 0 Å². The third kappa shape index (κ3) is 4.46. The van der Waals surface area contributed by atoms with Gasteiger partial charge in [0.1, 0.15) is 6.04 Å². The molecule has 0 fully saturated rings. The number of nitrogens with one attached hydrogen (secondary N) is 1. The van der Waals surface area contributed by atoms with E-state index in [1.807, 2.05) is 0 Å². The van der Waals surface area contributed by atoms with Gasteiger partial charge in [-0.05, 0) is 27.2 Å². The highest BCUT2D eigenvalue weighted by Gasteiger charge is 2.33. The first-order valence-electron chi connectivity index (χ1n) is 4.85. The quantitative estimate of drug-likeness (QED) is 0.705. The van der Waals surface area contributed by atoms with Gasteiger partial charge in [-0.3, -0.25) is 4.79 Å². The fourth-order valence-corrected chi connectivity index (χ4v) is 1.78. The fourth-order valence-electron chi connectivity index (χ4n) is 0.833. The lowest BCUT2D eigenvalue weighted by Gasteiger charge is -2.23. The molecule has 0 rings (SSSR count). The van der Waals surface area contributed by atoms with Gasteiger partial charge in [-0.1, -0.05) is 0 Å². The molecule has 16 heavy (non-hydrogen) atoms. The zero-order valence-corrected chi connectivity index (χ0v) is 10.8. The first kappa shape index (κ1) is 15.3. The summed E-state index contributed by atoms with van der Waals surface area (Å²) in [6.45, 7) is 4.70. The average molecular weight is 253 g/mol. The molecule has 0 aliphatic carbocycles. The van der Waals surface area contributed by atoms with Crippen molar-refractivity contribution in [3.63, 3.8) is 0 Å². The maximum Gasteiger partial charge on any atom is 0.321 e. The first-order chi connectivity index (χ1) is 7.12. The molecule has 0 aliphatic rings. The molecule has 0 radical (unpaired) electrons. The summed E-state index contributed by atoms with van der Waals surface area (Å²) in [7, 11) is -2.23. The van der Waals surface area contributed by atoms with Gasteiger partial charge in [0.25, 0.3) is 0 Å². The van der Waals surface area contributed by atoms with Crippen molar-refractivity contribution < 1.29 is 23.1 Å². The van der Waals surface area contributed by atoms with E-state index < -0.39 is 26.8 Å². The SMILES string of the molecule is COCCC(NS(=O)(=O)C(C)(C)C)C(=O)O. The number of hydrogen-bond donors (Lipinski definition) is 2. The normalized spacial score (nSPS) is 14.8. The first-order valence-corrected chi connectivity index (χ1v) is 6.33. The third-order valence-corrected chi connectivity index (χ3v) is 4.22. The second-order valence-corrected chi connectivity index (χ2v) is 6.87. The lowest BCUT2D eigenvalue weighted by Crippen LogP contribution is -2.48. The summed E-state index contributed by atoms with van der Waals surface area (Å²) in [5.74, 6) is -1.20. The number of rotatable bonds is 6. The maximum absolute atomic E-state index is 11.7. The van der Waals surface area contributed by atoms with Crippen LogP contribution < -0.4 is 4.72 Å². The summed E-state index contributed by atoms with van der Waals surface area (Å²) in [4.78, 5) is 10.8. The molecule has 0 aliphatic heterocycles. The largest absolute Gasteiger partial charge is 0.480 e. The van der Waals surface area contributed by atoms with Crippen molar-refractivity contribution in [1.82, 2.24) is 4.72 Å². The standard InChI is InChI=1S/C9H19NO5S/c1-9(2,3)16(13,14)10-7(8(11)12)5-6-15-4/h7,10H,5-6H2,1-4H3,(H,11,12). The smallest absolute Gasteiger partial charge is 0.321 e. The number of aliphatic carboxylic acids is 1. The van der Waals surface area contributed by atoms with Gasteiger partial charge in [0.2, 0.25) is 10.0 Å². The topological polar surface area (TPSA) is 92.7 Å². The minimum absolute atomic E-state index is 0.0984. The van der Waals surface area contributed by atoms with E-state index in [2.05, 4.69) is 4.72 Å². The molecular weight excluding hydrogens is 234 g/mol. The Hall–Kier alpha value is -0.660. The van der Waals surface area contributed by atoms with Gasteiger partial charge in [0.05, 0.1) is 4.75 Å². The molecule has 0 bridgehead atoms. The number of sulfonamides is 1. The van der Waals surface area contributed by atoms with Crippen molar-refractivity contribution in [2.45, 2.75) is 38.0 Å². The number of hydrogen-bond acceptors (Lipinski definition) is 4. The minimum atomic E-state index is -3.66. The molecule has 0 aromatic rings. The predicted molar refractivity (Wildman–Crippen MR) is 59.7 cm³/mol. The summed E-state index contributed by atoms with van der Waals surface area (Å²) in [6, 6.07) is -1.15. The van der Waals surface area contributed by atoms with Crippen molar-refractivity contribution in [1.29, 1.82) is 0 Å². The molecule has 96 valence electrons. The molecule has 2 N–H and O–H groups in total. The Kier molecular flexibility index (Phi) is 5.37. The van der Waals surface area contributed by atoms with E-state index in [1.54, 1.807) is 0 Å². The zero-order valence-electron chi connectivity index (χ0n) is 9.98. The fraction of sp³-hybridized carbons (Fsp3) is 0.889. The summed E-state index contributed by atoms with van der Waals surface area (Å²) < 4.78 is 29.3. The lowest BCUT2D eigenvalue weighted by atomic mass is 10.2. The average Bonchev–Trinajstić information content (AvgIpc) is 2.09. The van der Waals surface area contributed by atoms with Crippen LogP contribution in [0.5, 0.6) is 0 Å². The summed E-state index contributed by atoms with van der Waals surface area (Å²) in [6.07, 6.45) is 0.0984. The van der Waals surface area contributed by atoms with Crippen LogP contribution >= 0.6 is 0 Å². The van der Waals surface area contributed by atoms with Crippen LogP contribution in [-0.2, 0) is 19.6 Å². The van der Waals surface area contributed by atoms with Crippen molar-refractivity contribution in [3.05, 3.63) is 0 Å². The van der Waals surface area contributed by atoms with Gasteiger partial charge in [-0.15, -0.1) is 0 Å². The Balaban J connectivity index is 4.71. The van der Waals surface area contributed by atoms with Gasteiger partial charge in [-0.25, -0.2) is 13.1 Å². The van der Waals surface area contributed by atoms with Crippen LogP contribution in [0.15, 0.2) is 0 Å². The second kappa shape index (κ2) is 5.60. The van der Waals surface area contributed by atoms with Crippen LogP contribution in [0.1, 0.15) is 27.2 Å². The van der Waals surface area contributed by atoms with Crippen LogP contribution in [-0.4, -0.2) is 44.0 Å². The Bertz CT molecular complexity index is 330. The highest BCUT2D eigenvalue weighted by molar-refractivity contribution is 7.90. The van der Waals surface area contributed by atoms with E-state index in [0.717, 1.165) is 0 Å². The lowest BCUT2D eigenvalue weighted by molar-refractivity contribution is -0.139. The summed E-state index contributed by atoms with van der Waals surface area (Å²) in [5.41, 5.74) is 0. The van der Waals surface area contributed by atoms with Gasteiger partial charge >= 0.3 is 5.97 Å². The highest BCUT2D eigenvalue weighted by atomic mass is 32.2. The molecule has 0 saturated heterocycles. The Morgan fingerprint density at radius 1 is 1.44 bits per heavy atom. The molecule has 0 heterocycles. The van der Waals surface area contributed by atoms with Gasteiger partial charge < -0.3 is 9.84 Å². The van der Waals surface area contributed by atoms with Crippen LogP contribution in [0.25, 0.3) is 0 Å². The van der Waals surface area contributed by atoms with Crippen molar-refractivity contribution in [2.75, 3.05) is 13.7 Å². The molecule has 0 amide bonds. The zero-order chi connectivity index (χ0) is 13.0. The molecule has 1 atom stereocenters. The summed E-state index contributed by atoms with van der Waals surface area (Å²) in [5, 5.41) is 8.85. The molecule has 0 aromatic heterocycles. The van der Waals surface area contributed by atoms with Crippen LogP contribution in [0.4, 0.5) is 0 Å². The number of carbonyl (C=O) groups is 1. The minimum Gasteiger partial charge on any atom is -0.480 e.